The summed E-state index contributed by atoms with van der Waals surface area (Å²) in [7, 11) is 0. The van der Waals surface area contributed by atoms with Crippen LogP contribution in [0.5, 0.6) is 0 Å². The maximum atomic E-state index is 12.4. The molecular formula is C22H35N3O. The van der Waals surface area contributed by atoms with E-state index < -0.39 is 0 Å². The summed E-state index contributed by atoms with van der Waals surface area (Å²) < 4.78 is 0. The summed E-state index contributed by atoms with van der Waals surface area (Å²) >= 11 is 0. The molecule has 3 rings (SSSR count). The molecule has 144 valence electrons. The van der Waals surface area contributed by atoms with E-state index in [0.717, 1.165) is 31.2 Å². The van der Waals surface area contributed by atoms with Crippen molar-refractivity contribution < 1.29 is 4.79 Å². The van der Waals surface area contributed by atoms with Gasteiger partial charge in [-0.2, -0.15) is 0 Å². The van der Waals surface area contributed by atoms with Gasteiger partial charge in [-0.3, -0.25) is 9.69 Å². The monoisotopic (exact) mass is 357 g/mol. The molecule has 0 radical (unpaired) electrons. The van der Waals surface area contributed by atoms with Crippen molar-refractivity contribution in [2.45, 2.75) is 52.5 Å². The highest BCUT2D eigenvalue weighted by Crippen LogP contribution is 2.25. The van der Waals surface area contributed by atoms with Crippen LogP contribution in [0, 0.1) is 17.8 Å². The van der Waals surface area contributed by atoms with Gasteiger partial charge in [0, 0.05) is 25.2 Å². The minimum absolute atomic E-state index is 0.147. The number of piperidine rings is 2. The summed E-state index contributed by atoms with van der Waals surface area (Å²) in [6.07, 6.45) is 5.68. The van der Waals surface area contributed by atoms with Crippen molar-refractivity contribution >= 4 is 11.6 Å². The molecule has 2 N–H and O–H groups in total. The number of carbonyl (C=O) groups is 1. The van der Waals surface area contributed by atoms with E-state index in [1.807, 2.05) is 0 Å². The summed E-state index contributed by atoms with van der Waals surface area (Å²) in [4.78, 5) is 14.9. The maximum Gasteiger partial charge on any atom is 0.224 e. The molecule has 1 amide bonds. The highest BCUT2D eigenvalue weighted by Gasteiger charge is 2.22. The number of carbonyl (C=O) groups excluding carboxylic acids is 1. The summed E-state index contributed by atoms with van der Waals surface area (Å²) in [5.41, 5.74) is 2.25. The van der Waals surface area contributed by atoms with Crippen LogP contribution in [0.4, 0.5) is 5.69 Å². The van der Waals surface area contributed by atoms with Gasteiger partial charge in [0.25, 0.3) is 0 Å². The van der Waals surface area contributed by atoms with Crippen molar-refractivity contribution in [2.75, 3.05) is 31.5 Å². The molecule has 26 heavy (non-hydrogen) atoms. The topological polar surface area (TPSA) is 44.4 Å². The number of amides is 1. The van der Waals surface area contributed by atoms with Gasteiger partial charge in [0.1, 0.15) is 0 Å². The average Bonchev–Trinajstić information content (AvgIpc) is 2.64. The van der Waals surface area contributed by atoms with E-state index >= 15 is 0 Å². The van der Waals surface area contributed by atoms with Gasteiger partial charge in [0.15, 0.2) is 0 Å². The SMILES string of the molecule is CC1CCCN(Cc2ccc(NC(=O)CC(C)C3CCNCC3)cc2)C1. The summed E-state index contributed by atoms with van der Waals surface area (Å²) in [5.74, 6) is 2.09. The maximum absolute atomic E-state index is 12.4. The van der Waals surface area contributed by atoms with Gasteiger partial charge in [-0.15, -0.1) is 0 Å². The molecule has 2 atom stereocenters. The minimum atomic E-state index is 0.147. The van der Waals surface area contributed by atoms with Crippen LogP contribution >= 0.6 is 0 Å². The zero-order valence-corrected chi connectivity index (χ0v) is 16.5. The van der Waals surface area contributed by atoms with Crippen molar-refractivity contribution in [2.24, 2.45) is 17.8 Å². The van der Waals surface area contributed by atoms with Gasteiger partial charge in [0.2, 0.25) is 5.91 Å². The van der Waals surface area contributed by atoms with Gasteiger partial charge in [-0.1, -0.05) is 26.0 Å². The highest BCUT2D eigenvalue weighted by atomic mass is 16.1. The molecule has 0 spiro atoms. The van der Waals surface area contributed by atoms with Gasteiger partial charge in [0.05, 0.1) is 0 Å². The molecule has 0 saturated carbocycles. The summed E-state index contributed by atoms with van der Waals surface area (Å²) in [5, 5.41) is 6.48. The van der Waals surface area contributed by atoms with Crippen LogP contribution in [0.3, 0.4) is 0 Å². The Morgan fingerprint density at radius 2 is 1.96 bits per heavy atom. The first-order valence-electron chi connectivity index (χ1n) is 10.4. The van der Waals surface area contributed by atoms with Gasteiger partial charge >= 0.3 is 0 Å². The van der Waals surface area contributed by atoms with Crippen LogP contribution in [0.15, 0.2) is 24.3 Å². The first kappa shape index (κ1) is 19.4. The molecule has 0 aliphatic carbocycles. The third-order valence-electron chi connectivity index (χ3n) is 6.08. The van der Waals surface area contributed by atoms with E-state index in [1.54, 1.807) is 0 Å². The molecule has 4 nitrogen and oxygen atoms in total. The number of anilines is 1. The van der Waals surface area contributed by atoms with Crippen molar-refractivity contribution in [1.82, 2.24) is 10.2 Å². The quantitative estimate of drug-likeness (QED) is 0.812. The lowest BCUT2D eigenvalue weighted by Crippen LogP contribution is -2.33. The number of nitrogens with one attached hydrogen (secondary N) is 2. The molecule has 1 aromatic rings. The van der Waals surface area contributed by atoms with E-state index in [9.17, 15) is 4.79 Å². The van der Waals surface area contributed by atoms with E-state index in [1.165, 1.54) is 44.3 Å². The fourth-order valence-corrected chi connectivity index (χ4v) is 4.47. The second-order valence-corrected chi connectivity index (χ2v) is 8.50. The first-order valence-corrected chi connectivity index (χ1v) is 10.4. The van der Waals surface area contributed by atoms with Crippen molar-refractivity contribution in [3.63, 3.8) is 0 Å². The summed E-state index contributed by atoms with van der Waals surface area (Å²) in [6.45, 7) is 10.2. The Kier molecular flexibility index (Phi) is 7.09. The van der Waals surface area contributed by atoms with Crippen LogP contribution in [0.25, 0.3) is 0 Å². The third kappa shape index (κ3) is 5.82. The zero-order chi connectivity index (χ0) is 18.4. The predicted octanol–water partition coefficient (Wildman–Crippen LogP) is 3.88. The normalized spacial score (nSPS) is 23.5. The van der Waals surface area contributed by atoms with Crippen LogP contribution < -0.4 is 10.6 Å². The smallest absolute Gasteiger partial charge is 0.224 e. The fraction of sp³-hybridized carbons (Fsp3) is 0.682. The largest absolute Gasteiger partial charge is 0.326 e. The molecule has 0 aromatic heterocycles. The third-order valence-corrected chi connectivity index (χ3v) is 6.08. The van der Waals surface area contributed by atoms with Crippen LogP contribution in [0.2, 0.25) is 0 Å². The molecule has 1 aromatic carbocycles. The molecular weight excluding hydrogens is 322 g/mol. The molecule has 2 heterocycles. The van der Waals surface area contributed by atoms with Gasteiger partial charge in [-0.25, -0.2) is 0 Å². The molecule has 2 fully saturated rings. The number of hydrogen-bond acceptors (Lipinski definition) is 3. The Morgan fingerprint density at radius 1 is 1.23 bits per heavy atom. The highest BCUT2D eigenvalue weighted by molar-refractivity contribution is 5.90. The molecule has 2 saturated heterocycles. The second kappa shape index (κ2) is 9.52. The average molecular weight is 358 g/mol. The number of benzene rings is 1. The van der Waals surface area contributed by atoms with E-state index in [-0.39, 0.29) is 5.91 Å². The standard InChI is InChI=1S/C22H35N3O/c1-17-4-3-13-25(15-17)16-19-5-7-21(8-6-19)24-22(26)14-18(2)20-9-11-23-12-10-20/h5-8,17-18,20,23H,3-4,9-16H2,1-2H3,(H,24,26). The zero-order valence-electron chi connectivity index (χ0n) is 16.5. The Morgan fingerprint density at radius 3 is 2.65 bits per heavy atom. The lowest BCUT2D eigenvalue weighted by atomic mass is 9.84. The number of likely N-dealkylation sites (tertiary alicyclic amines) is 1. The predicted molar refractivity (Wildman–Crippen MR) is 108 cm³/mol. The second-order valence-electron chi connectivity index (χ2n) is 8.50. The van der Waals surface area contributed by atoms with E-state index in [4.69, 9.17) is 0 Å². The van der Waals surface area contributed by atoms with Crippen LogP contribution in [-0.4, -0.2) is 37.0 Å². The van der Waals surface area contributed by atoms with E-state index in [2.05, 4.69) is 53.6 Å². The Hall–Kier alpha value is -1.39. The molecule has 2 aliphatic rings. The fourth-order valence-electron chi connectivity index (χ4n) is 4.47. The van der Waals surface area contributed by atoms with Gasteiger partial charge in [-0.05, 0) is 80.8 Å². The van der Waals surface area contributed by atoms with Crippen LogP contribution in [-0.2, 0) is 11.3 Å². The van der Waals surface area contributed by atoms with Crippen molar-refractivity contribution in [1.29, 1.82) is 0 Å². The lowest BCUT2D eigenvalue weighted by molar-refractivity contribution is -0.117. The molecule has 4 heteroatoms. The number of hydrogen-bond donors (Lipinski definition) is 2. The Balaban J connectivity index is 1.45. The summed E-state index contributed by atoms with van der Waals surface area (Å²) in [6, 6.07) is 8.42. The van der Waals surface area contributed by atoms with E-state index in [0.29, 0.717) is 18.3 Å². The Labute approximate surface area is 158 Å². The number of nitrogens with zero attached hydrogens (tertiary/aromatic N) is 1. The Bertz CT molecular complexity index is 565. The van der Waals surface area contributed by atoms with Gasteiger partial charge < -0.3 is 10.6 Å². The van der Waals surface area contributed by atoms with Crippen molar-refractivity contribution in [3.8, 4) is 0 Å². The number of rotatable bonds is 6. The van der Waals surface area contributed by atoms with Crippen molar-refractivity contribution in [3.05, 3.63) is 29.8 Å². The molecule has 2 aliphatic heterocycles. The first-order chi connectivity index (χ1) is 12.6. The lowest BCUT2D eigenvalue weighted by Gasteiger charge is -2.30. The minimum Gasteiger partial charge on any atom is -0.326 e. The molecule has 0 bridgehead atoms. The van der Waals surface area contributed by atoms with Crippen LogP contribution in [0.1, 0.15) is 51.5 Å². The molecule has 2 unspecified atom stereocenters.